The van der Waals surface area contributed by atoms with Crippen LogP contribution in [0.5, 0.6) is 11.5 Å². The molecule has 7 heteroatoms. The Morgan fingerprint density at radius 2 is 1.83 bits per heavy atom. The van der Waals surface area contributed by atoms with Gasteiger partial charge in [0.25, 0.3) is 0 Å². The van der Waals surface area contributed by atoms with Crippen molar-refractivity contribution in [3.63, 3.8) is 0 Å². The molecule has 0 fully saturated rings. The van der Waals surface area contributed by atoms with Crippen LogP contribution in [0.1, 0.15) is 24.6 Å². The monoisotopic (exact) mass is 391 g/mol. The molecule has 0 aliphatic carbocycles. The van der Waals surface area contributed by atoms with E-state index in [1.54, 1.807) is 14.2 Å². The number of halogens is 1. The fourth-order valence-corrected chi connectivity index (χ4v) is 2.84. The molecule has 0 radical (unpaired) electrons. The first-order valence-electron chi connectivity index (χ1n) is 7.44. The zero-order chi connectivity index (χ0) is 17.3. The van der Waals surface area contributed by atoms with Gasteiger partial charge in [0.2, 0.25) is 0 Å². The predicted octanol–water partition coefficient (Wildman–Crippen LogP) is 4.48. The van der Waals surface area contributed by atoms with Crippen molar-refractivity contribution in [2.24, 2.45) is 0 Å². The molecular formula is C17H18BrN3O3. The van der Waals surface area contributed by atoms with Crippen LogP contribution in [0.4, 0.5) is 5.82 Å². The Bertz CT molecular complexity index is 879. The quantitative estimate of drug-likeness (QED) is 0.690. The van der Waals surface area contributed by atoms with Crippen LogP contribution in [0.3, 0.4) is 0 Å². The van der Waals surface area contributed by atoms with Crippen molar-refractivity contribution in [2.75, 3.05) is 19.5 Å². The molecule has 24 heavy (non-hydrogen) atoms. The molecule has 0 amide bonds. The van der Waals surface area contributed by atoms with Gasteiger partial charge in [-0.25, -0.2) is 9.97 Å². The molecule has 0 aliphatic rings. The second kappa shape index (κ2) is 6.68. The van der Waals surface area contributed by atoms with Crippen LogP contribution < -0.4 is 14.8 Å². The highest BCUT2D eigenvalue weighted by Crippen LogP contribution is 2.35. The van der Waals surface area contributed by atoms with Crippen LogP contribution in [0.15, 0.2) is 33.4 Å². The van der Waals surface area contributed by atoms with Gasteiger partial charge in [0, 0.05) is 11.5 Å². The molecule has 126 valence electrons. The molecule has 1 aromatic carbocycles. The van der Waals surface area contributed by atoms with Crippen LogP contribution in [-0.2, 0) is 0 Å². The topological polar surface area (TPSA) is 69.4 Å². The van der Waals surface area contributed by atoms with Crippen molar-refractivity contribution in [3.05, 3.63) is 40.5 Å². The van der Waals surface area contributed by atoms with E-state index in [9.17, 15) is 0 Å². The summed E-state index contributed by atoms with van der Waals surface area (Å²) in [5, 5.41) is 4.24. The minimum absolute atomic E-state index is 0.0538. The third-order valence-corrected chi connectivity index (χ3v) is 4.11. The molecule has 0 spiro atoms. The van der Waals surface area contributed by atoms with E-state index >= 15 is 0 Å². The van der Waals surface area contributed by atoms with Gasteiger partial charge in [0.05, 0.1) is 25.8 Å². The summed E-state index contributed by atoms with van der Waals surface area (Å²) >= 11 is 3.32. The molecular weight excluding hydrogens is 374 g/mol. The van der Waals surface area contributed by atoms with E-state index in [4.69, 9.17) is 13.9 Å². The Morgan fingerprint density at radius 1 is 1.12 bits per heavy atom. The Morgan fingerprint density at radius 3 is 2.46 bits per heavy atom. The molecule has 6 nitrogen and oxygen atoms in total. The van der Waals surface area contributed by atoms with E-state index < -0.39 is 0 Å². The predicted molar refractivity (Wildman–Crippen MR) is 95.8 cm³/mol. The van der Waals surface area contributed by atoms with Crippen molar-refractivity contribution in [1.29, 1.82) is 0 Å². The van der Waals surface area contributed by atoms with Crippen molar-refractivity contribution in [2.45, 2.75) is 19.9 Å². The Hall–Kier alpha value is -2.28. The Balaban J connectivity index is 2.06. The van der Waals surface area contributed by atoms with E-state index in [1.807, 2.05) is 38.1 Å². The molecule has 2 heterocycles. The van der Waals surface area contributed by atoms with E-state index in [0.29, 0.717) is 22.0 Å². The average Bonchev–Trinajstić information content (AvgIpc) is 3.00. The van der Waals surface area contributed by atoms with Crippen LogP contribution in [0.2, 0.25) is 0 Å². The number of furan rings is 1. The number of aromatic nitrogens is 2. The lowest BCUT2D eigenvalue weighted by Crippen LogP contribution is -2.09. The SMILES string of the molecule is COc1cc2nc(C)nc(NC(C)c3ccc(Br)o3)c2cc1OC. The highest BCUT2D eigenvalue weighted by molar-refractivity contribution is 9.10. The van der Waals surface area contributed by atoms with Crippen molar-refractivity contribution in [3.8, 4) is 11.5 Å². The lowest BCUT2D eigenvalue weighted by molar-refractivity contribution is 0.356. The fraction of sp³-hybridized carbons (Fsp3) is 0.294. The van der Waals surface area contributed by atoms with Gasteiger partial charge in [-0.1, -0.05) is 0 Å². The number of aryl methyl sites for hydroxylation is 1. The first kappa shape index (κ1) is 16.6. The summed E-state index contributed by atoms with van der Waals surface area (Å²) in [4.78, 5) is 9.02. The number of benzene rings is 1. The lowest BCUT2D eigenvalue weighted by atomic mass is 10.2. The van der Waals surface area contributed by atoms with E-state index in [2.05, 4.69) is 31.2 Å². The van der Waals surface area contributed by atoms with Gasteiger partial charge >= 0.3 is 0 Å². The maximum absolute atomic E-state index is 5.61. The Labute approximate surface area is 148 Å². The van der Waals surface area contributed by atoms with Crippen molar-refractivity contribution >= 4 is 32.7 Å². The minimum Gasteiger partial charge on any atom is -0.493 e. The summed E-state index contributed by atoms with van der Waals surface area (Å²) in [6.45, 7) is 3.87. The van der Waals surface area contributed by atoms with Gasteiger partial charge < -0.3 is 19.2 Å². The molecule has 1 unspecified atom stereocenters. The molecule has 3 aromatic rings. The number of ether oxygens (including phenoxy) is 2. The number of hydrogen-bond donors (Lipinski definition) is 1. The molecule has 0 aliphatic heterocycles. The van der Waals surface area contributed by atoms with Crippen molar-refractivity contribution < 1.29 is 13.9 Å². The zero-order valence-corrected chi connectivity index (χ0v) is 15.5. The molecule has 2 aromatic heterocycles. The smallest absolute Gasteiger partial charge is 0.169 e. The highest BCUT2D eigenvalue weighted by Gasteiger charge is 2.16. The second-order valence-electron chi connectivity index (χ2n) is 5.35. The van der Waals surface area contributed by atoms with Crippen LogP contribution in [0, 0.1) is 6.92 Å². The summed E-state index contributed by atoms with van der Waals surface area (Å²) < 4.78 is 17.0. The third-order valence-electron chi connectivity index (χ3n) is 3.69. The lowest BCUT2D eigenvalue weighted by Gasteiger charge is -2.16. The second-order valence-corrected chi connectivity index (χ2v) is 6.13. The number of hydrogen-bond acceptors (Lipinski definition) is 6. The van der Waals surface area contributed by atoms with Gasteiger partial charge in [-0.15, -0.1) is 0 Å². The number of anilines is 1. The molecule has 0 bridgehead atoms. The summed E-state index contributed by atoms with van der Waals surface area (Å²) in [5.41, 5.74) is 0.787. The number of nitrogens with one attached hydrogen (secondary N) is 1. The highest BCUT2D eigenvalue weighted by atomic mass is 79.9. The number of rotatable bonds is 5. The zero-order valence-electron chi connectivity index (χ0n) is 13.9. The molecule has 1 atom stereocenters. The first-order valence-corrected chi connectivity index (χ1v) is 8.23. The van der Waals surface area contributed by atoms with Gasteiger partial charge in [0.1, 0.15) is 17.4 Å². The van der Waals surface area contributed by atoms with E-state index in [0.717, 1.165) is 22.5 Å². The largest absolute Gasteiger partial charge is 0.493 e. The number of fused-ring (bicyclic) bond motifs is 1. The molecule has 0 saturated carbocycles. The van der Waals surface area contributed by atoms with Crippen LogP contribution in [-0.4, -0.2) is 24.2 Å². The van der Waals surface area contributed by atoms with Gasteiger partial charge in [0.15, 0.2) is 16.2 Å². The number of nitrogens with zero attached hydrogens (tertiary/aromatic N) is 2. The maximum Gasteiger partial charge on any atom is 0.169 e. The summed E-state index contributed by atoms with van der Waals surface area (Å²) in [5.74, 6) is 3.47. The van der Waals surface area contributed by atoms with Gasteiger partial charge in [-0.05, 0) is 48.0 Å². The minimum atomic E-state index is -0.0538. The standard InChI is InChI=1S/C17H18BrN3O3/c1-9(13-5-6-16(18)24-13)19-17-11-7-14(22-3)15(23-4)8-12(11)20-10(2)21-17/h5-9H,1-4H3,(H,19,20,21). The summed E-state index contributed by atoms with van der Waals surface area (Å²) in [7, 11) is 3.21. The Kier molecular flexibility index (Phi) is 4.62. The molecule has 0 saturated heterocycles. The summed E-state index contributed by atoms with van der Waals surface area (Å²) in [6.07, 6.45) is 0. The van der Waals surface area contributed by atoms with Gasteiger partial charge in [-0.3, -0.25) is 0 Å². The van der Waals surface area contributed by atoms with Crippen LogP contribution >= 0.6 is 15.9 Å². The average molecular weight is 392 g/mol. The van der Waals surface area contributed by atoms with E-state index in [-0.39, 0.29) is 6.04 Å². The maximum atomic E-state index is 5.61. The van der Waals surface area contributed by atoms with Gasteiger partial charge in [-0.2, -0.15) is 0 Å². The normalized spacial score (nSPS) is 12.2. The summed E-state index contributed by atoms with van der Waals surface area (Å²) in [6, 6.07) is 7.46. The number of methoxy groups -OCH3 is 2. The third kappa shape index (κ3) is 3.17. The van der Waals surface area contributed by atoms with E-state index in [1.165, 1.54) is 0 Å². The fourth-order valence-electron chi connectivity index (χ4n) is 2.52. The van der Waals surface area contributed by atoms with Crippen molar-refractivity contribution in [1.82, 2.24) is 9.97 Å². The first-order chi connectivity index (χ1) is 11.5. The molecule has 3 rings (SSSR count). The molecule has 1 N–H and O–H groups in total. The van der Waals surface area contributed by atoms with Crippen LogP contribution in [0.25, 0.3) is 10.9 Å².